The highest BCUT2D eigenvalue weighted by atomic mass is 16.2. The maximum atomic E-state index is 12.7. The van der Waals surface area contributed by atoms with Gasteiger partial charge in [0.1, 0.15) is 0 Å². The standard InChI is InChI=1S/C22H21N5O3/c1-2-3-6-13-27-22(30)18-8-5-4-7-17(18)19(26-27)21(29)25-24-20(28)16-11-9-15(14-23)10-12-16/h4-5,7-12H,2-3,6,13H2,1H3,(H,24,28)(H,25,29). The van der Waals surface area contributed by atoms with Crippen LogP contribution in [0.25, 0.3) is 10.8 Å². The van der Waals surface area contributed by atoms with Gasteiger partial charge in [-0.15, -0.1) is 0 Å². The number of carbonyl (C=O) groups excluding carboxylic acids is 2. The quantitative estimate of drug-likeness (QED) is 0.484. The zero-order chi connectivity index (χ0) is 21.5. The summed E-state index contributed by atoms with van der Waals surface area (Å²) in [6, 6.07) is 14.7. The number of carbonyl (C=O) groups is 2. The van der Waals surface area contributed by atoms with E-state index in [2.05, 4.69) is 22.9 Å². The van der Waals surface area contributed by atoms with Crippen molar-refractivity contribution in [1.82, 2.24) is 20.6 Å². The fourth-order valence-electron chi connectivity index (χ4n) is 3.01. The molecule has 0 unspecified atom stereocenters. The number of nitriles is 1. The van der Waals surface area contributed by atoms with Crippen molar-refractivity contribution in [2.24, 2.45) is 0 Å². The van der Waals surface area contributed by atoms with Gasteiger partial charge in [-0.25, -0.2) is 4.68 Å². The van der Waals surface area contributed by atoms with Crippen LogP contribution in [0.3, 0.4) is 0 Å². The van der Waals surface area contributed by atoms with Gasteiger partial charge in [0.15, 0.2) is 5.69 Å². The molecule has 30 heavy (non-hydrogen) atoms. The lowest BCUT2D eigenvalue weighted by Gasteiger charge is -2.12. The van der Waals surface area contributed by atoms with E-state index < -0.39 is 11.8 Å². The van der Waals surface area contributed by atoms with Crippen molar-refractivity contribution in [2.45, 2.75) is 32.7 Å². The molecule has 0 saturated heterocycles. The van der Waals surface area contributed by atoms with E-state index in [1.165, 1.54) is 28.9 Å². The number of unbranched alkanes of at least 4 members (excludes halogenated alkanes) is 2. The molecule has 0 radical (unpaired) electrons. The second-order valence-corrected chi connectivity index (χ2v) is 6.73. The first-order valence-electron chi connectivity index (χ1n) is 9.66. The highest BCUT2D eigenvalue weighted by Gasteiger charge is 2.17. The highest BCUT2D eigenvalue weighted by molar-refractivity contribution is 6.06. The van der Waals surface area contributed by atoms with Crippen LogP contribution < -0.4 is 16.4 Å². The lowest BCUT2D eigenvalue weighted by molar-refractivity contribution is 0.0843. The highest BCUT2D eigenvalue weighted by Crippen LogP contribution is 2.13. The Morgan fingerprint density at radius 2 is 1.67 bits per heavy atom. The van der Waals surface area contributed by atoms with Crippen LogP contribution in [-0.2, 0) is 6.54 Å². The minimum Gasteiger partial charge on any atom is -0.267 e. The summed E-state index contributed by atoms with van der Waals surface area (Å²) in [5.41, 5.74) is 5.21. The minimum atomic E-state index is -0.627. The molecular formula is C22H21N5O3. The molecule has 2 amide bonds. The Balaban J connectivity index is 1.82. The number of amides is 2. The molecule has 0 saturated carbocycles. The Bertz CT molecular complexity index is 1180. The fraction of sp³-hybridized carbons (Fsp3) is 0.227. The average Bonchev–Trinajstić information content (AvgIpc) is 2.79. The van der Waals surface area contributed by atoms with E-state index in [0.29, 0.717) is 22.9 Å². The van der Waals surface area contributed by atoms with Gasteiger partial charge in [-0.3, -0.25) is 25.2 Å². The molecule has 3 aromatic rings. The number of benzene rings is 2. The van der Waals surface area contributed by atoms with Crippen molar-refractivity contribution < 1.29 is 9.59 Å². The van der Waals surface area contributed by atoms with E-state index in [1.807, 2.05) is 6.07 Å². The van der Waals surface area contributed by atoms with Gasteiger partial charge in [0.25, 0.3) is 17.4 Å². The van der Waals surface area contributed by atoms with Crippen LogP contribution in [0.1, 0.15) is 52.6 Å². The second-order valence-electron chi connectivity index (χ2n) is 6.73. The Morgan fingerprint density at radius 1 is 1.00 bits per heavy atom. The number of hydrogen-bond acceptors (Lipinski definition) is 5. The lowest BCUT2D eigenvalue weighted by atomic mass is 10.1. The van der Waals surface area contributed by atoms with Crippen LogP contribution in [0, 0.1) is 11.3 Å². The van der Waals surface area contributed by atoms with E-state index >= 15 is 0 Å². The summed E-state index contributed by atoms with van der Waals surface area (Å²) in [4.78, 5) is 37.7. The Hall–Kier alpha value is -3.99. The lowest BCUT2D eigenvalue weighted by Crippen LogP contribution is -2.42. The molecule has 0 aliphatic carbocycles. The van der Waals surface area contributed by atoms with Crippen molar-refractivity contribution in [3.05, 3.63) is 75.7 Å². The Kier molecular flexibility index (Phi) is 6.55. The fourth-order valence-corrected chi connectivity index (χ4v) is 3.01. The van der Waals surface area contributed by atoms with E-state index in [1.54, 1.807) is 24.3 Å². The molecule has 0 fully saturated rings. The average molecular weight is 403 g/mol. The third-order valence-corrected chi connectivity index (χ3v) is 4.62. The zero-order valence-corrected chi connectivity index (χ0v) is 16.5. The van der Waals surface area contributed by atoms with Gasteiger partial charge in [-0.05, 0) is 36.8 Å². The smallest absolute Gasteiger partial charge is 0.267 e. The SMILES string of the molecule is CCCCCn1nc(C(=O)NNC(=O)c2ccc(C#N)cc2)c2ccccc2c1=O. The number of nitrogens with one attached hydrogen (secondary N) is 2. The van der Waals surface area contributed by atoms with Crippen molar-refractivity contribution in [3.8, 4) is 6.07 Å². The molecule has 0 spiro atoms. The summed E-state index contributed by atoms with van der Waals surface area (Å²) < 4.78 is 1.30. The molecule has 0 aliphatic heterocycles. The van der Waals surface area contributed by atoms with Crippen LogP contribution in [0.2, 0.25) is 0 Å². The van der Waals surface area contributed by atoms with Gasteiger partial charge in [-0.2, -0.15) is 10.4 Å². The van der Waals surface area contributed by atoms with E-state index in [9.17, 15) is 14.4 Å². The maximum absolute atomic E-state index is 12.7. The van der Waals surface area contributed by atoms with Crippen LogP contribution in [0.4, 0.5) is 0 Å². The monoisotopic (exact) mass is 403 g/mol. The van der Waals surface area contributed by atoms with Gasteiger partial charge >= 0.3 is 0 Å². The molecule has 2 aromatic carbocycles. The van der Waals surface area contributed by atoms with Gasteiger partial charge < -0.3 is 0 Å². The molecule has 0 aliphatic rings. The van der Waals surface area contributed by atoms with Crippen LogP contribution >= 0.6 is 0 Å². The van der Waals surface area contributed by atoms with Gasteiger partial charge in [0.2, 0.25) is 0 Å². The second kappa shape index (κ2) is 9.47. The molecule has 152 valence electrons. The molecule has 8 nitrogen and oxygen atoms in total. The van der Waals surface area contributed by atoms with Crippen LogP contribution in [0.15, 0.2) is 53.3 Å². The number of aryl methyl sites for hydroxylation is 1. The number of fused-ring (bicyclic) bond motifs is 1. The summed E-state index contributed by atoms with van der Waals surface area (Å²) in [6.07, 6.45) is 2.72. The number of aromatic nitrogens is 2. The molecule has 1 aromatic heterocycles. The molecule has 0 atom stereocenters. The molecule has 0 bridgehead atoms. The van der Waals surface area contributed by atoms with E-state index in [0.717, 1.165) is 19.3 Å². The van der Waals surface area contributed by atoms with Crippen molar-refractivity contribution in [2.75, 3.05) is 0 Å². The minimum absolute atomic E-state index is 0.0572. The van der Waals surface area contributed by atoms with Crippen molar-refractivity contribution in [1.29, 1.82) is 5.26 Å². The molecule has 3 rings (SSSR count). The normalized spacial score (nSPS) is 10.4. The van der Waals surface area contributed by atoms with Crippen molar-refractivity contribution in [3.63, 3.8) is 0 Å². The largest absolute Gasteiger partial charge is 0.290 e. The summed E-state index contributed by atoms with van der Waals surface area (Å²) >= 11 is 0. The predicted molar refractivity (Wildman–Crippen MR) is 112 cm³/mol. The van der Waals surface area contributed by atoms with Crippen molar-refractivity contribution >= 4 is 22.6 Å². The van der Waals surface area contributed by atoms with Crippen LogP contribution in [0.5, 0.6) is 0 Å². The van der Waals surface area contributed by atoms with Crippen LogP contribution in [-0.4, -0.2) is 21.6 Å². The molecule has 8 heteroatoms. The first kappa shape index (κ1) is 20.7. The maximum Gasteiger partial charge on any atom is 0.290 e. The first-order chi connectivity index (χ1) is 14.5. The molecular weight excluding hydrogens is 382 g/mol. The number of hydrogen-bond donors (Lipinski definition) is 2. The summed E-state index contributed by atoms with van der Waals surface area (Å²) in [5, 5.41) is 13.9. The third kappa shape index (κ3) is 4.52. The topological polar surface area (TPSA) is 117 Å². The summed E-state index contributed by atoms with van der Waals surface area (Å²) in [5.74, 6) is -1.16. The predicted octanol–water partition coefficient (Wildman–Crippen LogP) is 2.53. The van der Waals surface area contributed by atoms with E-state index in [4.69, 9.17) is 5.26 Å². The first-order valence-corrected chi connectivity index (χ1v) is 9.66. The van der Waals surface area contributed by atoms with Gasteiger partial charge in [-0.1, -0.05) is 38.0 Å². The van der Waals surface area contributed by atoms with Gasteiger partial charge in [0.05, 0.1) is 17.0 Å². The van der Waals surface area contributed by atoms with Gasteiger partial charge in [0, 0.05) is 17.5 Å². The summed E-state index contributed by atoms with van der Waals surface area (Å²) in [6.45, 7) is 2.47. The molecule has 1 heterocycles. The Labute approximate surface area is 173 Å². The molecule has 2 N–H and O–H groups in total. The summed E-state index contributed by atoms with van der Waals surface area (Å²) in [7, 11) is 0. The Morgan fingerprint density at radius 3 is 2.33 bits per heavy atom. The number of rotatable bonds is 6. The zero-order valence-electron chi connectivity index (χ0n) is 16.5. The number of nitrogens with zero attached hydrogens (tertiary/aromatic N) is 3. The number of hydrazine groups is 1. The van der Waals surface area contributed by atoms with E-state index in [-0.39, 0.29) is 16.8 Å². The third-order valence-electron chi connectivity index (χ3n) is 4.62.